The van der Waals surface area contributed by atoms with E-state index in [1.165, 1.54) is 5.56 Å². The van der Waals surface area contributed by atoms with Gasteiger partial charge in [-0.25, -0.2) is 0 Å². The zero-order chi connectivity index (χ0) is 9.80. The minimum absolute atomic E-state index is 0. The smallest absolute Gasteiger partial charge is 0.237 e. The van der Waals surface area contributed by atoms with Gasteiger partial charge in [0.15, 0.2) is 0 Å². The van der Waals surface area contributed by atoms with Gasteiger partial charge in [0, 0.05) is 6.54 Å². The van der Waals surface area contributed by atoms with E-state index in [2.05, 4.69) is 16.0 Å². The van der Waals surface area contributed by atoms with E-state index in [0.717, 1.165) is 19.4 Å². The molecule has 0 bridgehead atoms. The molecule has 1 atom stereocenters. The molecule has 84 valence electrons. The zero-order valence-electron chi connectivity index (χ0n) is 8.36. The summed E-state index contributed by atoms with van der Waals surface area (Å²) in [6.45, 7) is 1.62. The Kier molecular flexibility index (Phi) is 5.08. The van der Waals surface area contributed by atoms with Gasteiger partial charge in [-0.3, -0.25) is 4.79 Å². The normalized spacial score (nSPS) is 19.6. The minimum Gasteiger partial charge on any atom is -0.351 e. The van der Waals surface area contributed by atoms with E-state index < -0.39 is 0 Å². The largest absolute Gasteiger partial charge is 0.351 e. The predicted octanol–water partition coefficient (Wildman–Crippen LogP) is 1.54. The van der Waals surface area contributed by atoms with Crippen LogP contribution in [0.4, 0.5) is 0 Å². The van der Waals surface area contributed by atoms with Crippen LogP contribution in [0.15, 0.2) is 16.8 Å². The number of amides is 1. The van der Waals surface area contributed by atoms with E-state index >= 15 is 0 Å². The lowest BCUT2D eigenvalue weighted by atomic mass is 10.2. The fourth-order valence-corrected chi connectivity index (χ4v) is 2.28. The van der Waals surface area contributed by atoms with E-state index in [4.69, 9.17) is 0 Å². The molecule has 2 rings (SSSR count). The standard InChI is InChI=1S/C10H14N2OS.ClH/c13-10(9-2-1-4-11-9)12-6-8-3-5-14-7-8;/h3,5,7,9,11H,1-2,4,6H2,(H,12,13);1H/t9-;/m0./s1. The Morgan fingerprint density at radius 1 is 1.67 bits per heavy atom. The van der Waals surface area contributed by atoms with Gasteiger partial charge in [-0.1, -0.05) is 0 Å². The Labute approximate surface area is 99.7 Å². The second-order valence-electron chi connectivity index (χ2n) is 3.50. The van der Waals surface area contributed by atoms with Crippen molar-refractivity contribution in [1.82, 2.24) is 10.6 Å². The van der Waals surface area contributed by atoms with E-state index in [-0.39, 0.29) is 24.4 Å². The molecule has 15 heavy (non-hydrogen) atoms. The molecule has 0 spiro atoms. The summed E-state index contributed by atoms with van der Waals surface area (Å²) in [5, 5.41) is 10.2. The molecule has 0 radical (unpaired) electrons. The number of thiophene rings is 1. The summed E-state index contributed by atoms with van der Waals surface area (Å²) in [5.41, 5.74) is 1.18. The van der Waals surface area contributed by atoms with E-state index in [1.807, 2.05) is 11.4 Å². The predicted molar refractivity (Wildman–Crippen MR) is 64.4 cm³/mol. The summed E-state index contributed by atoms with van der Waals surface area (Å²) in [6, 6.07) is 2.07. The molecular formula is C10H15ClN2OS. The Bertz CT molecular complexity index is 296. The van der Waals surface area contributed by atoms with Crippen LogP contribution in [0.25, 0.3) is 0 Å². The van der Waals surface area contributed by atoms with Crippen LogP contribution >= 0.6 is 23.7 Å². The maximum atomic E-state index is 11.6. The number of hydrogen-bond acceptors (Lipinski definition) is 3. The van der Waals surface area contributed by atoms with Gasteiger partial charge in [0.2, 0.25) is 5.91 Å². The van der Waals surface area contributed by atoms with E-state index in [0.29, 0.717) is 6.54 Å². The summed E-state index contributed by atoms with van der Waals surface area (Å²) >= 11 is 1.66. The summed E-state index contributed by atoms with van der Waals surface area (Å²) < 4.78 is 0. The molecule has 2 N–H and O–H groups in total. The molecule has 2 heterocycles. The molecule has 1 amide bonds. The lowest BCUT2D eigenvalue weighted by Gasteiger charge is -2.09. The van der Waals surface area contributed by atoms with E-state index in [1.54, 1.807) is 11.3 Å². The molecule has 0 aliphatic carbocycles. The van der Waals surface area contributed by atoms with Gasteiger partial charge in [0.25, 0.3) is 0 Å². The second-order valence-corrected chi connectivity index (χ2v) is 4.28. The molecule has 0 aromatic carbocycles. The Balaban J connectivity index is 0.00000112. The van der Waals surface area contributed by atoms with Gasteiger partial charge in [-0.2, -0.15) is 11.3 Å². The lowest BCUT2D eigenvalue weighted by molar-refractivity contribution is -0.122. The molecule has 0 saturated carbocycles. The minimum atomic E-state index is 0. The monoisotopic (exact) mass is 246 g/mol. The van der Waals surface area contributed by atoms with Gasteiger partial charge in [0.05, 0.1) is 6.04 Å². The highest BCUT2D eigenvalue weighted by Gasteiger charge is 2.21. The summed E-state index contributed by atoms with van der Waals surface area (Å²) in [6.07, 6.45) is 2.08. The highest BCUT2D eigenvalue weighted by atomic mass is 35.5. The van der Waals surface area contributed by atoms with Crippen molar-refractivity contribution in [2.45, 2.75) is 25.4 Å². The van der Waals surface area contributed by atoms with Crippen molar-refractivity contribution in [3.8, 4) is 0 Å². The van der Waals surface area contributed by atoms with Crippen LogP contribution < -0.4 is 10.6 Å². The van der Waals surface area contributed by atoms with Crippen LogP contribution in [0.1, 0.15) is 18.4 Å². The summed E-state index contributed by atoms with van der Waals surface area (Å²) in [7, 11) is 0. The lowest BCUT2D eigenvalue weighted by Crippen LogP contribution is -2.39. The number of hydrogen-bond donors (Lipinski definition) is 2. The first-order valence-corrected chi connectivity index (χ1v) is 5.83. The molecule has 1 aromatic heterocycles. The summed E-state index contributed by atoms with van der Waals surface area (Å²) in [4.78, 5) is 11.6. The SMILES string of the molecule is Cl.O=C(NCc1ccsc1)[C@@H]1CCCN1. The number of halogens is 1. The third-order valence-electron chi connectivity index (χ3n) is 2.42. The van der Waals surface area contributed by atoms with Gasteiger partial charge < -0.3 is 10.6 Å². The molecule has 1 fully saturated rings. The van der Waals surface area contributed by atoms with Crippen molar-refractivity contribution in [1.29, 1.82) is 0 Å². The maximum Gasteiger partial charge on any atom is 0.237 e. The molecule has 1 aromatic rings. The van der Waals surface area contributed by atoms with Crippen molar-refractivity contribution in [3.05, 3.63) is 22.4 Å². The number of carbonyl (C=O) groups is 1. The van der Waals surface area contributed by atoms with Gasteiger partial charge >= 0.3 is 0 Å². The van der Waals surface area contributed by atoms with Crippen LogP contribution in [0, 0.1) is 0 Å². The topological polar surface area (TPSA) is 41.1 Å². The van der Waals surface area contributed by atoms with Crippen molar-refractivity contribution in [3.63, 3.8) is 0 Å². The van der Waals surface area contributed by atoms with Crippen molar-refractivity contribution < 1.29 is 4.79 Å². The van der Waals surface area contributed by atoms with Crippen molar-refractivity contribution in [2.75, 3.05) is 6.54 Å². The van der Waals surface area contributed by atoms with Crippen LogP contribution in [0.5, 0.6) is 0 Å². The fraction of sp³-hybridized carbons (Fsp3) is 0.500. The van der Waals surface area contributed by atoms with Crippen LogP contribution in [-0.2, 0) is 11.3 Å². The maximum absolute atomic E-state index is 11.6. The summed E-state index contributed by atoms with van der Waals surface area (Å²) in [5.74, 6) is 0.133. The molecule has 5 heteroatoms. The quantitative estimate of drug-likeness (QED) is 0.850. The third kappa shape index (κ3) is 3.48. The second kappa shape index (κ2) is 6.10. The third-order valence-corrected chi connectivity index (χ3v) is 3.16. The van der Waals surface area contributed by atoms with Gasteiger partial charge in [0.1, 0.15) is 0 Å². The Hall–Kier alpha value is -0.580. The number of nitrogens with one attached hydrogen (secondary N) is 2. The van der Waals surface area contributed by atoms with Crippen LogP contribution in [0.3, 0.4) is 0 Å². The zero-order valence-corrected chi connectivity index (χ0v) is 10.00. The molecule has 3 nitrogen and oxygen atoms in total. The Morgan fingerprint density at radius 2 is 2.53 bits per heavy atom. The highest BCUT2D eigenvalue weighted by Crippen LogP contribution is 2.07. The molecule has 0 unspecified atom stereocenters. The van der Waals surface area contributed by atoms with Gasteiger partial charge in [-0.15, -0.1) is 12.4 Å². The average molecular weight is 247 g/mol. The van der Waals surface area contributed by atoms with Crippen LogP contribution in [0.2, 0.25) is 0 Å². The van der Waals surface area contributed by atoms with E-state index in [9.17, 15) is 4.79 Å². The average Bonchev–Trinajstić information content (AvgIpc) is 2.87. The molecule has 1 aliphatic heterocycles. The van der Waals surface area contributed by atoms with Gasteiger partial charge in [-0.05, 0) is 41.8 Å². The van der Waals surface area contributed by atoms with Crippen molar-refractivity contribution in [2.24, 2.45) is 0 Å². The van der Waals surface area contributed by atoms with Crippen molar-refractivity contribution >= 4 is 29.7 Å². The first-order valence-electron chi connectivity index (χ1n) is 4.88. The number of rotatable bonds is 3. The molecule has 1 saturated heterocycles. The number of carbonyl (C=O) groups excluding carboxylic acids is 1. The Morgan fingerprint density at radius 3 is 3.13 bits per heavy atom. The fourth-order valence-electron chi connectivity index (χ4n) is 1.61. The van der Waals surface area contributed by atoms with Crippen LogP contribution in [-0.4, -0.2) is 18.5 Å². The molecule has 1 aliphatic rings. The first kappa shape index (κ1) is 12.5. The molecular weight excluding hydrogens is 232 g/mol. The highest BCUT2D eigenvalue weighted by molar-refractivity contribution is 7.07. The first-order chi connectivity index (χ1) is 6.86.